The van der Waals surface area contributed by atoms with Gasteiger partial charge >= 0.3 is 0 Å². The SMILES string of the molecule is CC1CCC2(OC1)OC1CC3C4CC=C5CC(O)CC(OC6OC(CO)C(O)C(O)C6OC6OCC(O)C(O)C6O)C5(C)C4CCC3(C)C1C2C. The van der Waals surface area contributed by atoms with Gasteiger partial charge in [-0.05, 0) is 73.5 Å². The Labute approximate surface area is 300 Å². The third-order valence-electron chi connectivity index (χ3n) is 15.3. The van der Waals surface area contributed by atoms with Crippen molar-refractivity contribution in [1.82, 2.24) is 0 Å². The highest BCUT2D eigenvalue weighted by molar-refractivity contribution is 5.29. The third kappa shape index (κ3) is 5.74. The summed E-state index contributed by atoms with van der Waals surface area (Å²) < 4.78 is 37.8. The Balaban J connectivity index is 1.06. The number of aliphatic hydroxyl groups excluding tert-OH is 7. The summed E-state index contributed by atoms with van der Waals surface area (Å²) in [6.45, 7) is 9.15. The van der Waals surface area contributed by atoms with Gasteiger partial charge in [-0.2, -0.15) is 0 Å². The number of rotatable bonds is 5. The van der Waals surface area contributed by atoms with Crippen LogP contribution in [0.4, 0.5) is 0 Å². The van der Waals surface area contributed by atoms with Crippen molar-refractivity contribution in [3.05, 3.63) is 11.6 Å². The third-order valence-corrected chi connectivity index (χ3v) is 15.3. The van der Waals surface area contributed by atoms with Crippen LogP contribution in [0.1, 0.15) is 79.1 Å². The number of hydrogen-bond donors (Lipinski definition) is 7. The van der Waals surface area contributed by atoms with Gasteiger partial charge in [0, 0.05) is 24.2 Å². The van der Waals surface area contributed by atoms with E-state index in [-0.39, 0.29) is 24.0 Å². The second-order valence-electron chi connectivity index (χ2n) is 17.9. The molecule has 290 valence electrons. The van der Waals surface area contributed by atoms with Crippen molar-refractivity contribution in [2.75, 3.05) is 19.8 Å². The molecule has 8 rings (SSSR count). The van der Waals surface area contributed by atoms with E-state index in [1.807, 2.05) is 0 Å². The van der Waals surface area contributed by atoms with Crippen molar-refractivity contribution >= 4 is 0 Å². The van der Waals surface area contributed by atoms with Crippen molar-refractivity contribution in [3.8, 4) is 0 Å². The van der Waals surface area contributed by atoms with E-state index in [1.54, 1.807) is 0 Å². The van der Waals surface area contributed by atoms with Gasteiger partial charge in [-0.15, -0.1) is 0 Å². The molecule has 13 nitrogen and oxygen atoms in total. The van der Waals surface area contributed by atoms with Gasteiger partial charge in [0.2, 0.25) is 0 Å². The number of allylic oxidation sites excluding steroid dienone is 1. The van der Waals surface area contributed by atoms with E-state index in [1.165, 1.54) is 0 Å². The lowest BCUT2D eigenvalue weighted by atomic mass is 9.46. The largest absolute Gasteiger partial charge is 0.394 e. The summed E-state index contributed by atoms with van der Waals surface area (Å²) in [5, 5.41) is 74.2. The van der Waals surface area contributed by atoms with Crippen LogP contribution in [0.25, 0.3) is 0 Å². The summed E-state index contributed by atoms with van der Waals surface area (Å²) in [6, 6.07) is 0. The van der Waals surface area contributed by atoms with E-state index in [0.717, 1.165) is 50.7 Å². The molecule has 13 heteroatoms. The molecule has 4 aliphatic heterocycles. The summed E-state index contributed by atoms with van der Waals surface area (Å²) in [5.74, 6) is 1.87. The van der Waals surface area contributed by atoms with Crippen molar-refractivity contribution in [3.63, 3.8) is 0 Å². The van der Waals surface area contributed by atoms with Gasteiger partial charge < -0.3 is 64.2 Å². The van der Waals surface area contributed by atoms with Gasteiger partial charge in [-0.3, -0.25) is 0 Å². The van der Waals surface area contributed by atoms with E-state index in [2.05, 4.69) is 33.8 Å². The Morgan fingerprint density at radius 1 is 0.863 bits per heavy atom. The van der Waals surface area contributed by atoms with Crippen LogP contribution in [-0.4, -0.2) is 135 Å². The molecular weight excluding hydrogens is 664 g/mol. The molecule has 0 amide bonds. The Hall–Kier alpha value is -0.780. The standard InChI is InChI=1S/C38H60O13/c1-17-7-10-38(47-15-17)18(2)28-25(51-38)13-23-21-6-5-19-11-20(40)12-27(37(19,4)22(21)8-9-36(23,28)3)49-35-33(31(44)30(43)26(14-39)48-35)50-34-32(45)29(42)24(41)16-46-34/h5,17-18,20-35,39-45H,6-16H2,1-4H3. The second-order valence-corrected chi connectivity index (χ2v) is 17.9. The first-order valence-corrected chi connectivity index (χ1v) is 19.5. The number of hydrogen-bond acceptors (Lipinski definition) is 13. The highest BCUT2D eigenvalue weighted by Gasteiger charge is 2.69. The van der Waals surface area contributed by atoms with Crippen LogP contribution in [0.3, 0.4) is 0 Å². The highest BCUT2D eigenvalue weighted by atomic mass is 16.8. The van der Waals surface area contributed by atoms with E-state index in [9.17, 15) is 35.7 Å². The second kappa shape index (κ2) is 13.5. The van der Waals surface area contributed by atoms with Gasteiger partial charge in [-0.25, -0.2) is 0 Å². The summed E-state index contributed by atoms with van der Waals surface area (Å²) >= 11 is 0. The van der Waals surface area contributed by atoms with E-state index >= 15 is 0 Å². The number of ether oxygens (including phenoxy) is 6. The maximum atomic E-state index is 11.3. The summed E-state index contributed by atoms with van der Waals surface area (Å²) in [7, 11) is 0. The van der Waals surface area contributed by atoms with Crippen molar-refractivity contribution in [2.45, 2.75) is 158 Å². The average Bonchev–Trinajstić information content (AvgIpc) is 3.55. The molecule has 1 spiro atoms. The minimum Gasteiger partial charge on any atom is -0.394 e. The fourth-order valence-electron chi connectivity index (χ4n) is 12.4. The van der Waals surface area contributed by atoms with Crippen LogP contribution in [-0.2, 0) is 28.4 Å². The summed E-state index contributed by atoms with van der Waals surface area (Å²) in [5.41, 5.74) is 0.771. The van der Waals surface area contributed by atoms with Gasteiger partial charge in [0.15, 0.2) is 18.4 Å². The average molecular weight is 725 g/mol. The number of aliphatic hydroxyl groups is 7. The predicted molar refractivity (Wildman–Crippen MR) is 178 cm³/mol. The Bertz CT molecular complexity index is 1310. The lowest BCUT2D eigenvalue weighted by Gasteiger charge is -2.60. The molecule has 21 atom stereocenters. The molecule has 8 aliphatic rings. The van der Waals surface area contributed by atoms with Crippen LogP contribution in [0.15, 0.2) is 11.6 Å². The van der Waals surface area contributed by atoms with E-state index < -0.39 is 85.3 Å². The van der Waals surface area contributed by atoms with Gasteiger partial charge in [0.1, 0.15) is 42.7 Å². The van der Waals surface area contributed by atoms with E-state index in [0.29, 0.717) is 42.4 Å². The Kier molecular flexibility index (Phi) is 9.80. The van der Waals surface area contributed by atoms with Crippen LogP contribution in [0.5, 0.6) is 0 Å². The number of fused-ring (bicyclic) bond motifs is 7. The minimum absolute atomic E-state index is 0.104. The van der Waals surface area contributed by atoms with Gasteiger partial charge in [0.25, 0.3) is 0 Å². The minimum atomic E-state index is -1.64. The van der Waals surface area contributed by atoms with Crippen molar-refractivity contribution < 1.29 is 64.2 Å². The molecule has 3 saturated carbocycles. The molecule has 4 aliphatic carbocycles. The molecule has 7 fully saturated rings. The van der Waals surface area contributed by atoms with Crippen molar-refractivity contribution in [2.24, 2.45) is 46.3 Å². The summed E-state index contributed by atoms with van der Waals surface area (Å²) in [6.07, 6.45) is -4.89. The summed E-state index contributed by atoms with van der Waals surface area (Å²) in [4.78, 5) is 0. The normalized spacial score (nSPS) is 58.4. The van der Waals surface area contributed by atoms with Crippen LogP contribution in [0.2, 0.25) is 0 Å². The first-order chi connectivity index (χ1) is 24.2. The van der Waals surface area contributed by atoms with Crippen LogP contribution < -0.4 is 0 Å². The lowest BCUT2D eigenvalue weighted by Crippen LogP contribution is -2.65. The molecule has 51 heavy (non-hydrogen) atoms. The highest BCUT2D eigenvalue weighted by Crippen LogP contribution is 2.71. The van der Waals surface area contributed by atoms with Crippen LogP contribution >= 0.6 is 0 Å². The molecule has 4 heterocycles. The molecule has 4 saturated heterocycles. The quantitative estimate of drug-likeness (QED) is 0.198. The molecule has 0 aromatic carbocycles. The fraction of sp³-hybridized carbons (Fsp3) is 0.947. The van der Waals surface area contributed by atoms with Crippen molar-refractivity contribution in [1.29, 1.82) is 0 Å². The zero-order valence-electron chi connectivity index (χ0n) is 30.3. The molecule has 21 unspecified atom stereocenters. The predicted octanol–water partition coefficient (Wildman–Crippen LogP) is 0.972. The van der Waals surface area contributed by atoms with Gasteiger partial charge in [-0.1, -0.05) is 39.3 Å². The fourth-order valence-corrected chi connectivity index (χ4v) is 12.4. The molecule has 0 radical (unpaired) electrons. The topological polar surface area (TPSA) is 197 Å². The van der Waals surface area contributed by atoms with Crippen LogP contribution in [0, 0.1) is 46.3 Å². The molecule has 7 N–H and O–H groups in total. The molecule has 0 aromatic rings. The maximum Gasteiger partial charge on any atom is 0.187 e. The Morgan fingerprint density at radius 2 is 1.65 bits per heavy atom. The van der Waals surface area contributed by atoms with Gasteiger partial charge in [0.05, 0.1) is 38.1 Å². The lowest BCUT2D eigenvalue weighted by molar-refractivity contribution is -0.368. The zero-order valence-corrected chi connectivity index (χ0v) is 30.3. The van der Waals surface area contributed by atoms with E-state index in [4.69, 9.17) is 28.4 Å². The zero-order chi connectivity index (χ0) is 36.2. The maximum absolute atomic E-state index is 11.3. The smallest absolute Gasteiger partial charge is 0.187 e. The first-order valence-electron chi connectivity index (χ1n) is 19.5. The molecular formula is C38H60O13. The monoisotopic (exact) mass is 724 g/mol. The first kappa shape index (κ1) is 37.2. The molecule has 0 aromatic heterocycles. The molecule has 0 bridgehead atoms. The Morgan fingerprint density at radius 3 is 2.37 bits per heavy atom.